The average molecular weight is 465 g/mol. The number of nitrogens with zero attached hydrogens (tertiary/aromatic N) is 4. The predicted octanol–water partition coefficient (Wildman–Crippen LogP) is 7.10. The van der Waals surface area contributed by atoms with Gasteiger partial charge in [-0.25, -0.2) is 4.98 Å². The zero-order valence-electron chi connectivity index (χ0n) is 19.4. The molecular weight excluding hydrogens is 442 g/mol. The SMILES string of the molecule is c1ccc(-c2nc3cc4c(cc3[n+](-c3ccccc3)n2)N(c2ccccc2)c2ccccc2N4)cc1. The molecule has 5 aromatic carbocycles. The summed E-state index contributed by atoms with van der Waals surface area (Å²) in [6.07, 6.45) is 0. The van der Waals surface area contributed by atoms with Gasteiger partial charge in [-0.05, 0) is 35.0 Å². The summed E-state index contributed by atoms with van der Waals surface area (Å²) in [5.74, 6) is 0.683. The number of aromatic nitrogens is 3. The van der Waals surface area contributed by atoms with Crippen molar-refractivity contribution in [2.75, 3.05) is 10.2 Å². The molecule has 0 radical (unpaired) electrons. The van der Waals surface area contributed by atoms with Crippen molar-refractivity contribution in [1.82, 2.24) is 10.1 Å². The van der Waals surface area contributed by atoms with Crippen molar-refractivity contribution < 1.29 is 4.68 Å². The van der Waals surface area contributed by atoms with Gasteiger partial charge in [-0.15, -0.1) is 0 Å². The number of hydrogen-bond donors (Lipinski definition) is 1. The molecule has 0 fully saturated rings. The van der Waals surface area contributed by atoms with E-state index in [1.165, 1.54) is 0 Å². The Hall–Kier alpha value is -5.03. The van der Waals surface area contributed by atoms with Crippen LogP contribution < -0.4 is 14.9 Å². The van der Waals surface area contributed by atoms with Crippen LogP contribution in [0.15, 0.2) is 127 Å². The Kier molecular flexibility index (Phi) is 4.71. The maximum Gasteiger partial charge on any atom is 0.266 e. The van der Waals surface area contributed by atoms with Gasteiger partial charge in [0, 0.05) is 34.5 Å². The quantitative estimate of drug-likeness (QED) is 0.283. The molecule has 6 aromatic rings. The van der Waals surface area contributed by atoms with Gasteiger partial charge in [0.1, 0.15) is 5.52 Å². The maximum atomic E-state index is 5.00. The first-order valence-electron chi connectivity index (χ1n) is 12.0. The lowest BCUT2D eigenvalue weighted by molar-refractivity contribution is -0.632. The maximum absolute atomic E-state index is 5.00. The van der Waals surface area contributed by atoms with Crippen LogP contribution in [0.1, 0.15) is 0 Å². The molecule has 0 spiro atoms. The summed E-state index contributed by atoms with van der Waals surface area (Å²) in [4.78, 5) is 7.30. The van der Waals surface area contributed by atoms with Crippen LogP contribution in [0.3, 0.4) is 0 Å². The fourth-order valence-corrected chi connectivity index (χ4v) is 4.78. The van der Waals surface area contributed by atoms with Gasteiger partial charge in [0.15, 0.2) is 0 Å². The number of benzene rings is 5. The zero-order valence-corrected chi connectivity index (χ0v) is 19.4. The molecule has 0 amide bonds. The van der Waals surface area contributed by atoms with E-state index in [0.29, 0.717) is 5.82 Å². The fraction of sp³-hybridized carbons (Fsp3) is 0. The Labute approximate surface area is 208 Å². The summed E-state index contributed by atoms with van der Waals surface area (Å²) in [6.45, 7) is 0. The first-order valence-corrected chi connectivity index (χ1v) is 12.0. The molecule has 2 heterocycles. The third kappa shape index (κ3) is 3.37. The van der Waals surface area contributed by atoms with E-state index in [1.807, 2.05) is 59.3 Å². The molecule has 0 aliphatic carbocycles. The summed E-state index contributed by atoms with van der Waals surface area (Å²) in [7, 11) is 0. The first kappa shape index (κ1) is 20.4. The molecule has 0 saturated heterocycles. The van der Waals surface area contributed by atoms with Gasteiger partial charge < -0.3 is 10.2 Å². The van der Waals surface area contributed by atoms with E-state index in [2.05, 4.69) is 83.0 Å². The molecular formula is C31H22N5+. The lowest BCUT2D eigenvalue weighted by Gasteiger charge is -2.33. The highest BCUT2D eigenvalue weighted by Gasteiger charge is 2.28. The van der Waals surface area contributed by atoms with Gasteiger partial charge in [0.2, 0.25) is 11.5 Å². The monoisotopic (exact) mass is 464 g/mol. The Bertz CT molecular complexity index is 1700. The first-order chi connectivity index (χ1) is 17.8. The van der Waals surface area contributed by atoms with E-state index in [0.717, 1.165) is 50.7 Å². The van der Waals surface area contributed by atoms with E-state index >= 15 is 0 Å². The van der Waals surface area contributed by atoms with Crippen molar-refractivity contribution in [3.63, 3.8) is 0 Å². The van der Waals surface area contributed by atoms with Gasteiger partial charge in [0.05, 0.1) is 22.7 Å². The summed E-state index contributed by atoms with van der Waals surface area (Å²) in [5, 5.41) is 8.64. The molecule has 7 rings (SSSR count). The molecule has 1 aromatic heterocycles. The highest BCUT2D eigenvalue weighted by Crippen LogP contribution is 2.48. The van der Waals surface area contributed by atoms with Crippen LogP contribution in [0.25, 0.3) is 28.1 Å². The van der Waals surface area contributed by atoms with Crippen LogP contribution >= 0.6 is 0 Å². The summed E-state index contributed by atoms with van der Waals surface area (Å²) in [5.41, 5.74) is 9.07. The molecule has 36 heavy (non-hydrogen) atoms. The smallest absolute Gasteiger partial charge is 0.266 e. The lowest BCUT2D eigenvalue weighted by Crippen LogP contribution is -2.37. The molecule has 1 aliphatic rings. The van der Waals surface area contributed by atoms with Crippen molar-refractivity contribution in [3.05, 3.63) is 127 Å². The topological polar surface area (TPSA) is 44.9 Å². The Morgan fingerprint density at radius 2 is 1.28 bits per heavy atom. The van der Waals surface area contributed by atoms with Crippen molar-refractivity contribution in [3.8, 4) is 17.1 Å². The predicted molar refractivity (Wildman–Crippen MR) is 144 cm³/mol. The number of anilines is 5. The number of fused-ring (bicyclic) bond motifs is 3. The van der Waals surface area contributed by atoms with Gasteiger partial charge in [-0.3, -0.25) is 0 Å². The molecule has 170 valence electrons. The minimum absolute atomic E-state index is 0.683. The molecule has 0 atom stereocenters. The number of para-hydroxylation sites is 4. The van der Waals surface area contributed by atoms with E-state index in [-0.39, 0.29) is 0 Å². The van der Waals surface area contributed by atoms with Crippen LogP contribution in [-0.4, -0.2) is 10.1 Å². The Morgan fingerprint density at radius 3 is 2.06 bits per heavy atom. The second-order valence-electron chi connectivity index (χ2n) is 8.72. The lowest BCUT2D eigenvalue weighted by atomic mass is 10.1. The molecule has 5 heteroatoms. The largest absolute Gasteiger partial charge is 0.352 e. The molecule has 0 saturated carbocycles. The van der Waals surface area contributed by atoms with E-state index in [1.54, 1.807) is 0 Å². The van der Waals surface area contributed by atoms with Crippen molar-refractivity contribution in [2.24, 2.45) is 0 Å². The van der Waals surface area contributed by atoms with E-state index < -0.39 is 0 Å². The van der Waals surface area contributed by atoms with Crippen LogP contribution in [0.4, 0.5) is 28.4 Å². The van der Waals surface area contributed by atoms with Crippen LogP contribution in [0.2, 0.25) is 0 Å². The molecule has 1 aliphatic heterocycles. The Morgan fingerprint density at radius 1 is 0.611 bits per heavy atom. The molecule has 5 nitrogen and oxygen atoms in total. The van der Waals surface area contributed by atoms with E-state index in [9.17, 15) is 0 Å². The standard InChI is InChI=1S/C31H22N5/c1-4-12-22(13-5-1)31-33-27-20-26-29(21-30(27)36(34-31)24-16-8-3-9-17-24)35(23-14-6-2-7-15-23)28-19-11-10-18-25(28)32-26/h1-21,32H/q+1. The third-order valence-corrected chi connectivity index (χ3v) is 6.44. The normalized spacial score (nSPS) is 12.1. The zero-order chi connectivity index (χ0) is 23.9. The van der Waals surface area contributed by atoms with Gasteiger partial charge in [-0.2, -0.15) is 0 Å². The average Bonchev–Trinajstić information content (AvgIpc) is 2.95. The second-order valence-corrected chi connectivity index (χ2v) is 8.72. The Balaban J connectivity index is 1.52. The summed E-state index contributed by atoms with van der Waals surface area (Å²) >= 11 is 0. The van der Waals surface area contributed by atoms with Crippen LogP contribution in [0.5, 0.6) is 0 Å². The summed E-state index contributed by atoms with van der Waals surface area (Å²) < 4.78 is 1.99. The highest BCUT2D eigenvalue weighted by molar-refractivity contribution is 6.00. The highest BCUT2D eigenvalue weighted by atomic mass is 15.3. The number of hydrogen-bond acceptors (Lipinski definition) is 4. The van der Waals surface area contributed by atoms with Crippen molar-refractivity contribution in [1.29, 1.82) is 0 Å². The molecule has 1 N–H and O–H groups in total. The summed E-state index contributed by atoms with van der Waals surface area (Å²) in [6, 6.07) is 43.5. The van der Waals surface area contributed by atoms with Crippen LogP contribution in [0, 0.1) is 0 Å². The van der Waals surface area contributed by atoms with Gasteiger partial charge in [0.25, 0.3) is 5.52 Å². The van der Waals surface area contributed by atoms with Crippen molar-refractivity contribution >= 4 is 39.5 Å². The minimum Gasteiger partial charge on any atom is -0.352 e. The van der Waals surface area contributed by atoms with Gasteiger partial charge in [-0.1, -0.05) is 78.9 Å². The van der Waals surface area contributed by atoms with Crippen molar-refractivity contribution in [2.45, 2.75) is 0 Å². The molecule has 0 bridgehead atoms. The second kappa shape index (κ2) is 8.32. The third-order valence-electron chi connectivity index (χ3n) is 6.44. The fourth-order valence-electron chi connectivity index (χ4n) is 4.78. The van der Waals surface area contributed by atoms with Gasteiger partial charge >= 0.3 is 0 Å². The van der Waals surface area contributed by atoms with Crippen LogP contribution in [-0.2, 0) is 0 Å². The number of nitrogens with one attached hydrogen (secondary N) is 1. The van der Waals surface area contributed by atoms with E-state index in [4.69, 9.17) is 10.1 Å². The minimum atomic E-state index is 0.683. The number of rotatable bonds is 3. The molecule has 0 unspecified atom stereocenters.